The van der Waals surface area contributed by atoms with Crippen molar-refractivity contribution in [1.29, 1.82) is 5.26 Å². The van der Waals surface area contributed by atoms with Gasteiger partial charge in [-0.3, -0.25) is 0 Å². The molecule has 1 N–H and O–H groups in total. The molecule has 96 valence electrons. The summed E-state index contributed by atoms with van der Waals surface area (Å²) in [5.41, 5.74) is -0.316. The molecule has 0 fully saturated rings. The van der Waals surface area contributed by atoms with Crippen LogP contribution >= 0.6 is 0 Å². The van der Waals surface area contributed by atoms with Crippen LogP contribution in [0.5, 0.6) is 0 Å². The Balaban J connectivity index is 3.03. The minimum Gasteiger partial charge on any atom is -0.478 e. The van der Waals surface area contributed by atoms with Crippen LogP contribution in [-0.4, -0.2) is 25.2 Å². The zero-order chi connectivity index (χ0) is 13.8. The van der Waals surface area contributed by atoms with Gasteiger partial charge in [0.25, 0.3) is 0 Å². The quantitative estimate of drug-likeness (QED) is 0.821. The molecule has 0 aliphatic heterocycles. The molecule has 1 aromatic rings. The number of rotatable bonds is 5. The Morgan fingerprint density at radius 3 is 2.61 bits per heavy atom. The highest BCUT2D eigenvalue weighted by Crippen LogP contribution is 2.18. The lowest BCUT2D eigenvalue weighted by Crippen LogP contribution is -2.10. The number of hydrogen-bond donors (Lipinski definition) is 1. The molecule has 1 aromatic carbocycles. The van der Waals surface area contributed by atoms with Crippen molar-refractivity contribution in [3.8, 4) is 6.07 Å². The Morgan fingerprint density at radius 2 is 2.11 bits per heavy atom. The van der Waals surface area contributed by atoms with E-state index in [0.717, 1.165) is 12.1 Å². The first-order chi connectivity index (χ1) is 8.38. The highest BCUT2D eigenvalue weighted by molar-refractivity contribution is 7.91. The third-order valence-corrected chi connectivity index (χ3v) is 4.04. The summed E-state index contributed by atoms with van der Waals surface area (Å²) in [6.45, 7) is 0. The lowest BCUT2D eigenvalue weighted by molar-refractivity contribution is 0.0696. The molecule has 0 unspecified atom stereocenters. The molecule has 0 saturated carbocycles. The normalized spacial score (nSPS) is 10.9. The maximum Gasteiger partial charge on any atom is 0.335 e. The summed E-state index contributed by atoms with van der Waals surface area (Å²) in [7, 11) is -3.82. The first-order valence-corrected chi connectivity index (χ1v) is 6.66. The van der Waals surface area contributed by atoms with Gasteiger partial charge in [0.15, 0.2) is 9.84 Å². The molecular weight excluding hydrogens is 261 g/mol. The van der Waals surface area contributed by atoms with Crippen LogP contribution in [0, 0.1) is 17.1 Å². The molecule has 0 atom stereocenters. The largest absolute Gasteiger partial charge is 0.478 e. The van der Waals surface area contributed by atoms with Crippen LogP contribution in [-0.2, 0) is 9.84 Å². The fourth-order valence-electron chi connectivity index (χ4n) is 1.34. The first kappa shape index (κ1) is 14.1. The van der Waals surface area contributed by atoms with Crippen LogP contribution in [0.25, 0.3) is 0 Å². The summed E-state index contributed by atoms with van der Waals surface area (Å²) in [6.07, 6.45) is 0.174. The fourth-order valence-corrected chi connectivity index (χ4v) is 2.71. The zero-order valence-corrected chi connectivity index (χ0v) is 10.1. The Morgan fingerprint density at radius 1 is 1.44 bits per heavy atom. The summed E-state index contributed by atoms with van der Waals surface area (Å²) >= 11 is 0. The molecule has 0 aliphatic rings. The number of halogens is 1. The highest BCUT2D eigenvalue weighted by Gasteiger charge is 2.20. The molecule has 0 saturated heterocycles. The monoisotopic (exact) mass is 271 g/mol. The van der Waals surface area contributed by atoms with Crippen molar-refractivity contribution < 1.29 is 22.7 Å². The van der Waals surface area contributed by atoms with Crippen molar-refractivity contribution in [2.45, 2.75) is 17.7 Å². The Kier molecular flexibility index (Phi) is 4.39. The second kappa shape index (κ2) is 5.60. The van der Waals surface area contributed by atoms with E-state index in [1.54, 1.807) is 6.07 Å². The lowest BCUT2D eigenvalue weighted by Gasteiger charge is -2.05. The fraction of sp³-hybridized carbons (Fsp3) is 0.273. The second-order valence-electron chi connectivity index (χ2n) is 3.53. The SMILES string of the molecule is N#CCCCS(=O)(=O)c1ccc(C(=O)O)cc1F. The lowest BCUT2D eigenvalue weighted by atomic mass is 10.2. The van der Waals surface area contributed by atoms with Crippen LogP contribution in [0.15, 0.2) is 23.1 Å². The number of carboxylic acids is 1. The summed E-state index contributed by atoms with van der Waals surface area (Å²) in [5.74, 6) is -2.77. The van der Waals surface area contributed by atoms with Crippen LogP contribution in [0.4, 0.5) is 4.39 Å². The van der Waals surface area contributed by atoms with E-state index in [1.165, 1.54) is 0 Å². The minimum atomic E-state index is -3.82. The molecule has 5 nitrogen and oxygen atoms in total. The smallest absolute Gasteiger partial charge is 0.335 e. The maximum atomic E-state index is 13.5. The van der Waals surface area contributed by atoms with E-state index in [4.69, 9.17) is 10.4 Å². The molecule has 0 amide bonds. The number of aromatic carboxylic acids is 1. The van der Waals surface area contributed by atoms with Gasteiger partial charge in [-0.05, 0) is 24.6 Å². The van der Waals surface area contributed by atoms with Crippen molar-refractivity contribution in [3.63, 3.8) is 0 Å². The van der Waals surface area contributed by atoms with E-state index in [-0.39, 0.29) is 24.2 Å². The van der Waals surface area contributed by atoms with E-state index in [0.29, 0.717) is 6.07 Å². The third-order valence-electron chi connectivity index (χ3n) is 2.22. The molecule has 0 radical (unpaired) electrons. The summed E-state index contributed by atoms with van der Waals surface area (Å²) in [4.78, 5) is 10.0. The molecule has 0 aromatic heterocycles. The Bertz CT molecular complexity index is 604. The Labute approximate surface area is 103 Å². The number of benzene rings is 1. The predicted octanol–water partition coefficient (Wildman–Crippen LogP) is 1.60. The van der Waals surface area contributed by atoms with Crippen molar-refractivity contribution >= 4 is 15.8 Å². The van der Waals surface area contributed by atoms with Gasteiger partial charge in [-0.2, -0.15) is 5.26 Å². The van der Waals surface area contributed by atoms with Crippen LogP contribution in [0.2, 0.25) is 0 Å². The van der Waals surface area contributed by atoms with Gasteiger partial charge in [-0.15, -0.1) is 0 Å². The molecule has 0 spiro atoms. The van der Waals surface area contributed by atoms with Gasteiger partial charge < -0.3 is 5.11 Å². The van der Waals surface area contributed by atoms with Gasteiger partial charge >= 0.3 is 5.97 Å². The summed E-state index contributed by atoms with van der Waals surface area (Å²) in [5, 5.41) is 16.9. The summed E-state index contributed by atoms with van der Waals surface area (Å²) in [6, 6.07) is 4.42. The zero-order valence-electron chi connectivity index (χ0n) is 9.26. The third kappa shape index (κ3) is 3.28. The van der Waals surface area contributed by atoms with E-state index in [9.17, 15) is 17.6 Å². The first-order valence-electron chi connectivity index (χ1n) is 5.01. The van der Waals surface area contributed by atoms with Gasteiger partial charge in [0.05, 0.1) is 17.4 Å². The number of nitrogens with zero attached hydrogens (tertiary/aromatic N) is 1. The van der Waals surface area contributed by atoms with Gasteiger partial charge in [0, 0.05) is 6.42 Å². The molecule has 0 heterocycles. The van der Waals surface area contributed by atoms with Crippen molar-refractivity contribution in [3.05, 3.63) is 29.6 Å². The number of carbonyl (C=O) groups is 1. The van der Waals surface area contributed by atoms with Gasteiger partial charge in [0.1, 0.15) is 10.7 Å². The maximum absolute atomic E-state index is 13.5. The van der Waals surface area contributed by atoms with Gasteiger partial charge in [-0.25, -0.2) is 17.6 Å². The van der Waals surface area contributed by atoms with Crippen LogP contribution < -0.4 is 0 Å². The van der Waals surface area contributed by atoms with Crippen molar-refractivity contribution in [2.24, 2.45) is 0 Å². The van der Waals surface area contributed by atoms with E-state index in [1.807, 2.05) is 0 Å². The molecular formula is C11H10FNO4S. The van der Waals surface area contributed by atoms with Gasteiger partial charge in [-0.1, -0.05) is 0 Å². The van der Waals surface area contributed by atoms with Crippen LogP contribution in [0.3, 0.4) is 0 Å². The van der Waals surface area contributed by atoms with E-state index < -0.39 is 26.5 Å². The second-order valence-corrected chi connectivity index (χ2v) is 5.61. The number of carboxylic acid groups (broad SMARTS) is 1. The highest BCUT2D eigenvalue weighted by atomic mass is 32.2. The van der Waals surface area contributed by atoms with Gasteiger partial charge in [0.2, 0.25) is 0 Å². The van der Waals surface area contributed by atoms with Crippen molar-refractivity contribution in [2.75, 3.05) is 5.75 Å². The van der Waals surface area contributed by atoms with E-state index in [2.05, 4.69) is 0 Å². The molecule has 18 heavy (non-hydrogen) atoms. The molecule has 0 aliphatic carbocycles. The van der Waals surface area contributed by atoms with Crippen molar-refractivity contribution in [1.82, 2.24) is 0 Å². The summed E-state index contributed by atoms with van der Waals surface area (Å²) < 4.78 is 36.9. The number of unbranched alkanes of at least 4 members (excludes halogenated alkanes) is 1. The molecule has 1 rings (SSSR count). The molecule has 0 bridgehead atoms. The minimum absolute atomic E-state index is 0.0636. The average molecular weight is 271 g/mol. The standard InChI is InChI=1S/C11H10FNO4S/c12-9-7-8(11(14)15)3-4-10(9)18(16,17)6-2-1-5-13/h3-4,7H,1-2,6H2,(H,14,15). The molecule has 7 heteroatoms. The number of nitriles is 1. The van der Waals surface area contributed by atoms with E-state index >= 15 is 0 Å². The number of sulfone groups is 1. The number of hydrogen-bond acceptors (Lipinski definition) is 4. The topological polar surface area (TPSA) is 95.2 Å². The predicted molar refractivity (Wildman–Crippen MR) is 60.3 cm³/mol. The van der Waals surface area contributed by atoms with Crippen LogP contribution in [0.1, 0.15) is 23.2 Å². The Hall–Kier alpha value is -1.94. The average Bonchev–Trinajstić information content (AvgIpc) is 2.28.